The average Bonchev–Trinajstić information content (AvgIpc) is 2.61. The van der Waals surface area contributed by atoms with E-state index in [4.69, 9.17) is 4.12 Å². The maximum Gasteiger partial charge on any atom is 0.222 e. The maximum absolute atomic E-state index is 12.8. The smallest absolute Gasteiger partial charge is 0.222 e. The Morgan fingerprint density at radius 1 is 0.929 bits per heavy atom. The molecule has 1 N–H and O–H groups in total. The molecule has 3 rings (SSSR count). The highest BCUT2D eigenvalue weighted by Gasteiger charge is 2.44. The fourth-order valence-corrected chi connectivity index (χ4v) is 14.5. The lowest BCUT2D eigenvalue weighted by atomic mass is 9.98. The highest BCUT2D eigenvalue weighted by atomic mass is 28.4. The highest BCUT2D eigenvalue weighted by molar-refractivity contribution is 6.86. The lowest BCUT2D eigenvalue weighted by Gasteiger charge is -2.42. The van der Waals surface area contributed by atoms with E-state index < -0.39 is 16.6 Å². The molecule has 0 aliphatic carbocycles. The molecule has 0 atom stereocenters. The molecular formula is C23H33NO2Si2. The molecule has 2 aromatic carbocycles. The number of rotatable bonds is 6. The third kappa shape index (κ3) is 5.90. The van der Waals surface area contributed by atoms with Gasteiger partial charge in [0.25, 0.3) is 0 Å². The second kappa shape index (κ2) is 8.76. The summed E-state index contributed by atoms with van der Waals surface area (Å²) in [7, 11) is -3.41. The van der Waals surface area contributed by atoms with Crippen LogP contribution in [0.3, 0.4) is 0 Å². The van der Waals surface area contributed by atoms with Gasteiger partial charge in [-0.25, -0.2) is 0 Å². The molecule has 0 bridgehead atoms. The number of carbonyl (C=O) groups excluding carboxylic acids is 1. The van der Waals surface area contributed by atoms with Crippen molar-refractivity contribution in [2.24, 2.45) is 5.92 Å². The van der Waals surface area contributed by atoms with E-state index in [2.05, 4.69) is 86.1 Å². The number of benzene rings is 2. The molecular weight excluding hydrogens is 378 g/mol. The van der Waals surface area contributed by atoms with Crippen molar-refractivity contribution in [1.82, 2.24) is 5.32 Å². The number of hydrogen-bond donors (Lipinski definition) is 1. The van der Waals surface area contributed by atoms with Gasteiger partial charge in [-0.05, 0) is 67.8 Å². The summed E-state index contributed by atoms with van der Waals surface area (Å²) in [4.78, 5) is 12.8. The van der Waals surface area contributed by atoms with Crippen LogP contribution >= 0.6 is 0 Å². The first-order valence-corrected chi connectivity index (χ1v) is 16.6. The maximum atomic E-state index is 12.8. The Labute approximate surface area is 171 Å². The molecule has 2 aromatic rings. The zero-order valence-electron chi connectivity index (χ0n) is 17.6. The Hall–Kier alpha value is -1.70. The molecule has 0 aromatic heterocycles. The number of hydrogen-bond acceptors (Lipinski definition) is 2. The van der Waals surface area contributed by atoms with E-state index in [1.807, 2.05) is 0 Å². The van der Waals surface area contributed by atoms with Crippen molar-refractivity contribution in [1.29, 1.82) is 0 Å². The summed E-state index contributed by atoms with van der Waals surface area (Å²) in [6.07, 6.45) is 1.81. The van der Waals surface area contributed by atoms with Crippen molar-refractivity contribution >= 4 is 22.5 Å². The summed E-state index contributed by atoms with van der Waals surface area (Å²) in [5.41, 5.74) is 3.99. The van der Waals surface area contributed by atoms with Crippen LogP contribution in [0, 0.1) is 5.92 Å². The van der Waals surface area contributed by atoms with Crippen molar-refractivity contribution in [2.45, 2.75) is 51.1 Å². The van der Waals surface area contributed by atoms with E-state index in [0.717, 1.165) is 24.9 Å². The van der Waals surface area contributed by atoms with Crippen LogP contribution in [0.4, 0.5) is 0 Å². The van der Waals surface area contributed by atoms with Gasteiger partial charge in [-0.2, -0.15) is 0 Å². The van der Waals surface area contributed by atoms with E-state index in [-0.39, 0.29) is 11.8 Å². The number of nitrogens with one attached hydrogen (secondary N) is 1. The minimum atomic E-state index is -1.71. The first-order chi connectivity index (χ1) is 13.2. The summed E-state index contributed by atoms with van der Waals surface area (Å²) in [5.74, 6) is 0.363. The molecule has 0 unspecified atom stereocenters. The predicted molar refractivity (Wildman–Crippen MR) is 122 cm³/mol. The first-order valence-electron chi connectivity index (χ1n) is 10.3. The minimum Gasteiger partial charge on any atom is -0.455 e. The van der Waals surface area contributed by atoms with Crippen LogP contribution in [-0.4, -0.2) is 29.1 Å². The first kappa shape index (κ1) is 21.0. The normalized spacial score (nSPS) is 18.6. The Bertz CT molecular complexity index is 789. The Morgan fingerprint density at radius 3 is 2.14 bits per heavy atom. The topological polar surface area (TPSA) is 38.3 Å². The second-order valence-corrected chi connectivity index (χ2v) is 17.9. The van der Waals surface area contributed by atoms with Gasteiger partial charge < -0.3 is 9.43 Å². The van der Waals surface area contributed by atoms with Crippen LogP contribution < -0.4 is 5.32 Å². The third-order valence-corrected chi connectivity index (χ3v) is 12.8. The molecule has 1 fully saturated rings. The quantitative estimate of drug-likeness (QED) is 0.680. The van der Waals surface area contributed by atoms with E-state index in [0.29, 0.717) is 6.54 Å². The van der Waals surface area contributed by atoms with Crippen LogP contribution in [0.2, 0.25) is 38.3 Å². The van der Waals surface area contributed by atoms with Gasteiger partial charge in [0.1, 0.15) is 0 Å². The Morgan fingerprint density at radius 2 is 1.50 bits per heavy atom. The molecule has 28 heavy (non-hydrogen) atoms. The zero-order chi connectivity index (χ0) is 20.2. The second-order valence-electron chi connectivity index (χ2n) is 9.20. The van der Waals surface area contributed by atoms with Crippen molar-refractivity contribution in [3.63, 3.8) is 0 Å². The molecule has 5 heteroatoms. The van der Waals surface area contributed by atoms with Crippen molar-refractivity contribution in [3.8, 4) is 0 Å². The lowest BCUT2D eigenvalue weighted by molar-refractivity contribution is -0.124. The molecule has 1 saturated heterocycles. The van der Waals surface area contributed by atoms with E-state index in [1.165, 1.54) is 16.7 Å². The standard InChI is InChI=1S/C23H33NO2Si2/c1-27(2)17-22(18-28(3,4)26-27)23(25)24-15-14-20-12-8-9-13-21(20)16-19-10-6-5-7-11-19/h5-13,22H,14-18H2,1-4H3,(H,24,25). The molecule has 1 aliphatic heterocycles. The fraction of sp³-hybridized carbons (Fsp3) is 0.435. The van der Waals surface area contributed by atoms with Crippen molar-refractivity contribution < 1.29 is 8.91 Å². The number of carbonyl (C=O) groups is 1. The molecule has 150 valence electrons. The fourth-order valence-electron chi connectivity index (χ4n) is 4.53. The van der Waals surface area contributed by atoms with Gasteiger partial charge in [-0.15, -0.1) is 0 Å². The summed E-state index contributed by atoms with van der Waals surface area (Å²) in [5, 5.41) is 3.22. The predicted octanol–water partition coefficient (Wildman–Crippen LogP) is 4.99. The van der Waals surface area contributed by atoms with Gasteiger partial charge in [0.15, 0.2) is 16.6 Å². The lowest BCUT2D eigenvalue weighted by Crippen LogP contribution is -2.54. The molecule has 1 aliphatic rings. The Balaban J connectivity index is 1.57. The minimum absolute atomic E-state index is 0.136. The largest absolute Gasteiger partial charge is 0.455 e. The molecule has 3 nitrogen and oxygen atoms in total. The molecule has 0 saturated carbocycles. The molecule has 0 spiro atoms. The van der Waals surface area contributed by atoms with Gasteiger partial charge >= 0.3 is 0 Å². The van der Waals surface area contributed by atoms with Gasteiger partial charge in [0.2, 0.25) is 5.91 Å². The molecule has 1 amide bonds. The van der Waals surface area contributed by atoms with Crippen molar-refractivity contribution in [2.75, 3.05) is 6.54 Å². The Kier molecular flexibility index (Phi) is 6.58. The van der Waals surface area contributed by atoms with Crippen LogP contribution in [0.25, 0.3) is 0 Å². The summed E-state index contributed by atoms with van der Waals surface area (Å²) >= 11 is 0. The van der Waals surface area contributed by atoms with Crippen molar-refractivity contribution in [3.05, 3.63) is 71.3 Å². The summed E-state index contributed by atoms with van der Waals surface area (Å²) < 4.78 is 6.39. The van der Waals surface area contributed by atoms with Gasteiger partial charge in [-0.1, -0.05) is 54.6 Å². The number of amides is 1. The molecule has 1 heterocycles. The van der Waals surface area contributed by atoms with E-state index >= 15 is 0 Å². The van der Waals surface area contributed by atoms with Gasteiger partial charge in [0.05, 0.1) is 0 Å². The van der Waals surface area contributed by atoms with E-state index in [1.54, 1.807) is 0 Å². The average molecular weight is 412 g/mol. The van der Waals surface area contributed by atoms with Crippen LogP contribution in [-0.2, 0) is 21.8 Å². The summed E-state index contributed by atoms with van der Waals surface area (Å²) in [6.45, 7) is 9.70. The van der Waals surface area contributed by atoms with Crippen LogP contribution in [0.15, 0.2) is 54.6 Å². The van der Waals surface area contributed by atoms with Gasteiger partial charge in [-0.3, -0.25) is 4.79 Å². The van der Waals surface area contributed by atoms with Crippen LogP contribution in [0.5, 0.6) is 0 Å². The zero-order valence-corrected chi connectivity index (χ0v) is 19.6. The highest BCUT2D eigenvalue weighted by Crippen LogP contribution is 2.35. The molecule has 0 radical (unpaired) electrons. The third-order valence-electron chi connectivity index (χ3n) is 5.45. The van der Waals surface area contributed by atoms with Crippen LogP contribution in [0.1, 0.15) is 16.7 Å². The monoisotopic (exact) mass is 411 g/mol. The van der Waals surface area contributed by atoms with E-state index in [9.17, 15) is 4.79 Å². The SMILES string of the molecule is C[Si]1(C)CC(C(=O)NCCc2ccccc2Cc2ccccc2)C[Si](C)(C)O1. The van der Waals surface area contributed by atoms with Gasteiger partial charge in [0, 0.05) is 12.5 Å². The summed E-state index contributed by atoms with van der Waals surface area (Å²) in [6, 6.07) is 21.0.